The lowest BCUT2D eigenvalue weighted by atomic mass is 9.95. The molecule has 1 atom stereocenters. The largest absolute Gasteiger partial charge is 0.324 e. The number of rotatable bonds is 3. The Hall–Kier alpha value is -0.960. The molecule has 0 saturated carbocycles. The zero-order valence-electron chi connectivity index (χ0n) is 8.43. The molecule has 1 rings (SSSR count). The molecule has 0 spiro atoms. The smallest absolute Gasteiger partial charge is 0.240 e. The van der Waals surface area contributed by atoms with Crippen LogP contribution in [0.25, 0.3) is 0 Å². The number of halogens is 2. The molecule has 0 fully saturated rings. The maximum Gasteiger partial charge on any atom is 0.240 e. The van der Waals surface area contributed by atoms with Crippen LogP contribution in [0.15, 0.2) is 18.2 Å². The molecule has 0 radical (unpaired) electrons. The van der Waals surface area contributed by atoms with Gasteiger partial charge in [-0.2, -0.15) is 0 Å². The Balaban J connectivity index is 2.94. The van der Waals surface area contributed by atoms with Crippen molar-refractivity contribution in [1.82, 2.24) is 0 Å². The summed E-state index contributed by atoms with van der Waals surface area (Å²) in [6.07, 6.45) is -2.62. The van der Waals surface area contributed by atoms with Crippen LogP contribution in [0.3, 0.4) is 0 Å². The van der Waals surface area contributed by atoms with Crippen molar-refractivity contribution in [3.05, 3.63) is 34.9 Å². The van der Waals surface area contributed by atoms with Crippen molar-refractivity contribution in [2.24, 2.45) is 5.73 Å². The first-order valence-electron chi connectivity index (χ1n) is 4.62. The molecule has 0 heterocycles. The first-order valence-corrected chi connectivity index (χ1v) is 4.62. The normalized spacial score (nSPS) is 13.3. The summed E-state index contributed by atoms with van der Waals surface area (Å²) < 4.78 is 24.3. The minimum Gasteiger partial charge on any atom is -0.324 e. The first-order chi connectivity index (χ1) is 6.52. The molecule has 0 bridgehead atoms. The summed E-state index contributed by atoms with van der Waals surface area (Å²) in [5.41, 5.74) is 8.54. The lowest BCUT2D eigenvalue weighted by Crippen LogP contribution is -2.16. The lowest BCUT2D eigenvalue weighted by molar-refractivity contribution is 0.128. The van der Waals surface area contributed by atoms with E-state index in [0.717, 1.165) is 16.7 Å². The second kappa shape index (κ2) is 4.51. The number of aryl methyl sites for hydroxylation is 2. The fraction of sp³-hybridized carbons (Fsp3) is 0.455. The quantitative estimate of drug-likeness (QED) is 0.795. The van der Waals surface area contributed by atoms with E-state index in [2.05, 4.69) is 0 Å². The Morgan fingerprint density at radius 3 is 2.14 bits per heavy atom. The standard InChI is InChI=1S/C11H15F2N/c1-7-4-3-5-8(2)11(7)9(14)6-10(12)13/h3-5,9-10H,6,14H2,1-2H3/t9-/m0/s1. The van der Waals surface area contributed by atoms with Gasteiger partial charge in [0.05, 0.1) is 0 Å². The van der Waals surface area contributed by atoms with Crippen molar-refractivity contribution in [3.63, 3.8) is 0 Å². The van der Waals surface area contributed by atoms with Crippen molar-refractivity contribution >= 4 is 0 Å². The van der Waals surface area contributed by atoms with Crippen molar-refractivity contribution < 1.29 is 8.78 Å². The van der Waals surface area contributed by atoms with Crippen LogP contribution in [0.4, 0.5) is 8.78 Å². The Kier molecular flexibility index (Phi) is 3.58. The molecule has 78 valence electrons. The highest BCUT2D eigenvalue weighted by Crippen LogP contribution is 2.24. The second-order valence-electron chi connectivity index (χ2n) is 3.54. The van der Waals surface area contributed by atoms with Crippen LogP contribution in [0.2, 0.25) is 0 Å². The lowest BCUT2D eigenvalue weighted by Gasteiger charge is -2.16. The average Bonchev–Trinajstić information content (AvgIpc) is 2.01. The molecule has 0 aromatic heterocycles. The van der Waals surface area contributed by atoms with E-state index in [0.29, 0.717) is 0 Å². The zero-order valence-corrected chi connectivity index (χ0v) is 8.43. The van der Waals surface area contributed by atoms with Crippen molar-refractivity contribution in [3.8, 4) is 0 Å². The molecule has 0 amide bonds. The molecular weight excluding hydrogens is 184 g/mol. The summed E-state index contributed by atoms with van der Waals surface area (Å²) in [4.78, 5) is 0. The van der Waals surface area contributed by atoms with E-state index in [4.69, 9.17) is 5.73 Å². The van der Waals surface area contributed by atoms with Crippen molar-refractivity contribution in [2.45, 2.75) is 32.7 Å². The predicted molar refractivity (Wildman–Crippen MR) is 53.5 cm³/mol. The van der Waals surface area contributed by atoms with E-state index < -0.39 is 12.5 Å². The molecule has 1 nitrogen and oxygen atoms in total. The molecule has 1 aromatic rings. The Morgan fingerprint density at radius 2 is 1.71 bits per heavy atom. The van der Waals surface area contributed by atoms with Gasteiger partial charge in [0.15, 0.2) is 0 Å². The number of alkyl halides is 2. The van der Waals surface area contributed by atoms with Gasteiger partial charge in [0.1, 0.15) is 0 Å². The summed E-state index contributed by atoms with van der Waals surface area (Å²) in [6.45, 7) is 3.79. The molecule has 14 heavy (non-hydrogen) atoms. The van der Waals surface area contributed by atoms with Crippen LogP contribution in [0.5, 0.6) is 0 Å². The molecule has 3 heteroatoms. The van der Waals surface area contributed by atoms with Crippen LogP contribution in [0, 0.1) is 13.8 Å². The molecule has 0 aliphatic carbocycles. The van der Waals surface area contributed by atoms with Gasteiger partial charge >= 0.3 is 0 Å². The highest BCUT2D eigenvalue weighted by molar-refractivity contribution is 5.35. The summed E-state index contributed by atoms with van der Waals surface area (Å²) >= 11 is 0. The van der Waals surface area contributed by atoms with Gasteiger partial charge in [0.2, 0.25) is 6.43 Å². The topological polar surface area (TPSA) is 26.0 Å². The summed E-state index contributed by atoms with van der Waals surface area (Å²) in [7, 11) is 0. The SMILES string of the molecule is Cc1cccc(C)c1[C@@H](N)CC(F)F. The molecule has 0 aliphatic heterocycles. The Labute approximate surface area is 82.9 Å². The molecule has 2 N–H and O–H groups in total. The molecule has 0 unspecified atom stereocenters. The number of hydrogen-bond donors (Lipinski definition) is 1. The minimum absolute atomic E-state index is 0.272. The number of nitrogens with two attached hydrogens (primary N) is 1. The zero-order chi connectivity index (χ0) is 10.7. The van der Waals surface area contributed by atoms with Gasteiger partial charge in [-0.15, -0.1) is 0 Å². The third kappa shape index (κ3) is 2.51. The summed E-state index contributed by atoms with van der Waals surface area (Å²) in [5, 5.41) is 0. The van der Waals surface area contributed by atoms with Gasteiger partial charge in [-0.3, -0.25) is 0 Å². The highest BCUT2D eigenvalue weighted by Gasteiger charge is 2.16. The summed E-state index contributed by atoms with van der Waals surface area (Å²) in [5.74, 6) is 0. The maximum atomic E-state index is 12.2. The average molecular weight is 199 g/mol. The van der Waals surface area contributed by atoms with E-state index in [1.807, 2.05) is 32.0 Å². The van der Waals surface area contributed by atoms with E-state index in [9.17, 15) is 8.78 Å². The van der Waals surface area contributed by atoms with Gasteiger partial charge in [0.25, 0.3) is 0 Å². The fourth-order valence-corrected chi connectivity index (χ4v) is 1.72. The maximum absolute atomic E-state index is 12.2. The molecule has 1 aromatic carbocycles. The van der Waals surface area contributed by atoms with E-state index in [-0.39, 0.29) is 6.42 Å². The van der Waals surface area contributed by atoms with Crippen LogP contribution in [-0.4, -0.2) is 6.43 Å². The predicted octanol–water partition coefficient (Wildman–Crippen LogP) is 2.96. The van der Waals surface area contributed by atoms with E-state index in [1.54, 1.807) is 0 Å². The van der Waals surface area contributed by atoms with E-state index in [1.165, 1.54) is 0 Å². The third-order valence-electron chi connectivity index (χ3n) is 2.35. The van der Waals surface area contributed by atoms with Crippen LogP contribution < -0.4 is 5.73 Å². The summed E-state index contributed by atoms with van der Waals surface area (Å²) in [6, 6.07) is 5.14. The fourth-order valence-electron chi connectivity index (χ4n) is 1.72. The van der Waals surface area contributed by atoms with Crippen molar-refractivity contribution in [2.75, 3.05) is 0 Å². The van der Waals surface area contributed by atoms with Gasteiger partial charge < -0.3 is 5.73 Å². The van der Waals surface area contributed by atoms with Gasteiger partial charge in [-0.25, -0.2) is 8.78 Å². The van der Waals surface area contributed by atoms with Crippen LogP contribution >= 0.6 is 0 Å². The van der Waals surface area contributed by atoms with Crippen molar-refractivity contribution in [1.29, 1.82) is 0 Å². The Morgan fingerprint density at radius 1 is 1.21 bits per heavy atom. The second-order valence-corrected chi connectivity index (χ2v) is 3.54. The first kappa shape index (κ1) is 11.1. The van der Waals surface area contributed by atoms with Gasteiger partial charge in [-0.1, -0.05) is 18.2 Å². The monoisotopic (exact) mass is 199 g/mol. The third-order valence-corrected chi connectivity index (χ3v) is 2.35. The number of benzene rings is 1. The Bertz CT molecular complexity index is 290. The highest BCUT2D eigenvalue weighted by atomic mass is 19.3. The molecular formula is C11H15F2N. The number of hydrogen-bond acceptors (Lipinski definition) is 1. The van der Waals surface area contributed by atoms with Crippen LogP contribution in [0.1, 0.15) is 29.2 Å². The van der Waals surface area contributed by atoms with E-state index >= 15 is 0 Å². The van der Waals surface area contributed by atoms with Gasteiger partial charge in [0, 0.05) is 12.5 Å². The molecule has 0 saturated heterocycles. The molecule has 0 aliphatic rings. The van der Waals surface area contributed by atoms with Crippen LogP contribution in [-0.2, 0) is 0 Å². The minimum atomic E-state index is -2.34. The van der Waals surface area contributed by atoms with Gasteiger partial charge in [-0.05, 0) is 30.5 Å².